The number of rotatable bonds is 10. The molecule has 22 heteroatoms. The van der Waals surface area contributed by atoms with Crippen LogP contribution in [-0.2, 0) is 47.6 Å². The van der Waals surface area contributed by atoms with E-state index in [1.807, 2.05) is 19.9 Å². The summed E-state index contributed by atoms with van der Waals surface area (Å²) in [7, 11) is 0. The predicted molar refractivity (Wildman–Crippen MR) is 233 cm³/mol. The van der Waals surface area contributed by atoms with Crippen LogP contribution in [0.15, 0.2) is 23.0 Å². The maximum atomic E-state index is 12.8. The van der Waals surface area contributed by atoms with Gasteiger partial charge in [0.2, 0.25) is 6.29 Å². The van der Waals surface area contributed by atoms with Crippen molar-refractivity contribution in [1.29, 1.82) is 0 Å². The highest BCUT2D eigenvalue weighted by Crippen LogP contribution is 2.76. The largest absolute Gasteiger partial charge is 0.481 e. The van der Waals surface area contributed by atoms with E-state index in [4.69, 9.17) is 28.4 Å². The number of carboxylic acid groups (broad SMARTS) is 4. The van der Waals surface area contributed by atoms with Crippen molar-refractivity contribution >= 4 is 23.9 Å². The molecule has 3 aliphatic heterocycles. The van der Waals surface area contributed by atoms with E-state index < -0.39 is 155 Å². The van der Waals surface area contributed by atoms with E-state index in [0.29, 0.717) is 37.9 Å². The van der Waals surface area contributed by atoms with E-state index in [1.165, 1.54) is 0 Å². The molecule has 23 atom stereocenters. The van der Waals surface area contributed by atoms with Gasteiger partial charge in [0.05, 0.1) is 11.5 Å². The van der Waals surface area contributed by atoms with Gasteiger partial charge in [-0.2, -0.15) is 0 Å². The average Bonchev–Trinajstić information content (AvgIpc) is 3.27. The van der Waals surface area contributed by atoms with Crippen molar-refractivity contribution in [1.82, 2.24) is 0 Å². The first kappa shape index (κ1) is 52.9. The minimum Gasteiger partial charge on any atom is -0.481 e. The van der Waals surface area contributed by atoms with Gasteiger partial charge in [-0.25, -0.2) is 14.4 Å². The second kappa shape index (κ2) is 17.9. The molecule has 0 unspecified atom stereocenters. The Morgan fingerprint density at radius 2 is 1.09 bits per heavy atom. The number of carbonyl (C=O) groups is 4. The molecule has 3 heterocycles. The smallest absolute Gasteiger partial charge is 0.335 e. The fraction of sp³-hybridized carbons (Fsp3) is 0.833. The third-order valence-electron chi connectivity index (χ3n) is 18.9. The fourth-order valence-corrected chi connectivity index (χ4v) is 14.4. The van der Waals surface area contributed by atoms with Crippen LogP contribution >= 0.6 is 0 Å². The zero-order valence-corrected chi connectivity index (χ0v) is 40.3. The summed E-state index contributed by atoms with van der Waals surface area (Å²) in [4.78, 5) is 49.4. The van der Waals surface area contributed by atoms with Crippen LogP contribution in [0.5, 0.6) is 0 Å². The minimum atomic E-state index is -2.13. The lowest BCUT2D eigenvalue weighted by Gasteiger charge is -2.70. The predicted octanol–water partition coefficient (Wildman–Crippen LogP) is 0.223. The number of ether oxygens (including phenoxy) is 6. The molecule has 8 aliphatic rings. The summed E-state index contributed by atoms with van der Waals surface area (Å²) in [5, 5.41) is 127. The molecule has 0 aromatic rings. The molecule has 3 saturated carbocycles. The van der Waals surface area contributed by atoms with Gasteiger partial charge in [-0.15, -0.1) is 0 Å². The maximum Gasteiger partial charge on any atom is 0.335 e. The second-order valence-electron chi connectivity index (χ2n) is 23.2. The Morgan fingerprint density at radius 1 is 0.571 bits per heavy atom. The fourth-order valence-electron chi connectivity index (χ4n) is 14.4. The molecule has 6 fully saturated rings. The molecule has 3 saturated heterocycles. The maximum absolute atomic E-state index is 12.8. The lowest BCUT2D eigenvalue weighted by molar-refractivity contribution is -0.371. The molecule has 394 valence electrons. The molecule has 0 amide bonds. The molecular weight excluding hydrogens is 929 g/mol. The molecule has 22 nitrogen and oxygen atoms in total. The Labute approximate surface area is 403 Å². The molecular formula is C48H70O22. The van der Waals surface area contributed by atoms with Crippen LogP contribution < -0.4 is 0 Å². The Bertz CT molecular complexity index is 2160. The van der Waals surface area contributed by atoms with Crippen molar-refractivity contribution in [3.05, 3.63) is 23.0 Å². The van der Waals surface area contributed by atoms with Crippen LogP contribution in [0, 0.1) is 44.3 Å². The third kappa shape index (κ3) is 8.02. The highest BCUT2D eigenvalue weighted by atomic mass is 16.8. The summed E-state index contributed by atoms with van der Waals surface area (Å²) >= 11 is 0. The summed E-state index contributed by atoms with van der Waals surface area (Å²) in [6.07, 6.45) is -24.3. The molecule has 0 aromatic carbocycles. The highest BCUT2D eigenvalue weighted by molar-refractivity contribution is 5.76. The van der Waals surface area contributed by atoms with Crippen molar-refractivity contribution in [3.63, 3.8) is 0 Å². The van der Waals surface area contributed by atoms with E-state index in [-0.39, 0.29) is 24.2 Å². The van der Waals surface area contributed by atoms with Crippen LogP contribution in [-0.4, -0.2) is 183 Å². The molecule has 12 N–H and O–H groups in total. The number of allylic oxidation sites excluding steroid dienone is 4. The van der Waals surface area contributed by atoms with Gasteiger partial charge in [-0.05, 0) is 109 Å². The summed E-state index contributed by atoms with van der Waals surface area (Å²) in [5.74, 6) is -6.39. The molecule has 70 heavy (non-hydrogen) atoms. The summed E-state index contributed by atoms with van der Waals surface area (Å²) in [6.45, 7) is 14.3. The molecule has 0 bridgehead atoms. The summed E-state index contributed by atoms with van der Waals surface area (Å²) in [6, 6.07) is 0. The Hall–Kier alpha value is -3.36. The van der Waals surface area contributed by atoms with Crippen molar-refractivity contribution in [2.75, 3.05) is 0 Å². The lowest BCUT2D eigenvalue weighted by atomic mass is 9.35. The van der Waals surface area contributed by atoms with Gasteiger partial charge in [0.25, 0.3) is 0 Å². The number of aliphatic hydroxyl groups is 8. The topological polar surface area (TPSA) is 366 Å². The monoisotopic (exact) mass is 998 g/mol. The van der Waals surface area contributed by atoms with Gasteiger partial charge in [-0.3, -0.25) is 4.79 Å². The highest BCUT2D eigenvalue weighted by Gasteiger charge is 2.70. The van der Waals surface area contributed by atoms with E-state index >= 15 is 0 Å². The van der Waals surface area contributed by atoms with Gasteiger partial charge < -0.3 is 89.7 Å². The number of hydrogen-bond acceptors (Lipinski definition) is 18. The number of fused-ring (bicyclic) bond motifs is 6. The standard InChI is InChI=1S/C48H70O22/c1-43(2)21-8-11-48(7)35(46(21,5)10-9-22(43)66-41-34(28(54)27(53)33(69-41)38(61)62)70-40-30(56)24(50)26(52)32(68-40)37(59)60)20(65-39-29(55)23(49)25(51)31(67-39)36(57)58)16-18-19-17-45(4,42(63)64)13-12-44(19,3)14-15-47(18,48)6/h16,21-35,39-41,49-56H,8-15,17H2,1-7H3,(H,57,58)(H,59,60)(H,61,62)(H,63,64)/t21-,22-,23-,24-,25-,26-,27-,28-,29+,30+,31-,32-,33-,34+,35+,39-,40-,41-,44+,45-,46-,47+,48+/m0/s1. The number of carboxylic acids is 4. The van der Waals surface area contributed by atoms with E-state index in [0.717, 1.165) is 24.0 Å². The SMILES string of the molecule is CC1(C)[C@@H](O[C@H]2O[C@H](C(=O)O)[C@@H](O)[C@H](O)[C@H]2O[C@@H]2O[C@H](C(=O)O)[C@@H](O)[C@H](O)[C@H]2O)CC[C@]2(C)[C@H]3C(O[C@H]4O[C@H](C(=O)O)[C@@H](O)[C@H](O)[C@H]4O)=CC4=C5C[C@@](C)(C(=O)O)CC[C@]5(C)CC[C@@]4(C)[C@]3(C)CC[C@@H]12. The van der Waals surface area contributed by atoms with Gasteiger partial charge in [0.15, 0.2) is 30.9 Å². The number of hydrogen-bond donors (Lipinski definition) is 12. The Balaban J connectivity index is 1.18. The van der Waals surface area contributed by atoms with Crippen molar-refractivity contribution < 1.29 is 109 Å². The third-order valence-corrected chi connectivity index (χ3v) is 18.9. The zero-order chi connectivity index (χ0) is 51.7. The molecule has 5 aliphatic carbocycles. The van der Waals surface area contributed by atoms with Gasteiger partial charge >= 0.3 is 23.9 Å². The molecule has 0 radical (unpaired) electrons. The Morgan fingerprint density at radius 3 is 1.64 bits per heavy atom. The molecule has 8 rings (SSSR count). The first-order valence-corrected chi connectivity index (χ1v) is 24.1. The first-order chi connectivity index (χ1) is 32.4. The van der Waals surface area contributed by atoms with Crippen LogP contribution in [0.1, 0.15) is 106 Å². The lowest BCUT2D eigenvalue weighted by Crippen LogP contribution is -2.67. The van der Waals surface area contributed by atoms with Gasteiger partial charge in [-0.1, -0.05) is 47.1 Å². The molecule has 0 spiro atoms. The van der Waals surface area contributed by atoms with Crippen molar-refractivity contribution in [2.45, 2.75) is 204 Å². The van der Waals surface area contributed by atoms with E-state index in [2.05, 4.69) is 27.7 Å². The minimum absolute atomic E-state index is 0.228. The zero-order valence-electron chi connectivity index (χ0n) is 40.3. The van der Waals surface area contributed by atoms with Crippen LogP contribution in [0.2, 0.25) is 0 Å². The van der Waals surface area contributed by atoms with Crippen molar-refractivity contribution in [3.8, 4) is 0 Å². The van der Waals surface area contributed by atoms with Crippen LogP contribution in [0.3, 0.4) is 0 Å². The van der Waals surface area contributed by atoms with Crippen LogP contribution in [0.25, 0.3) is 0 Å². The Kier molecular flexibility index (Phi) is 13.6. The van der Waals surface area contributed by atoms with E-state index in [1.54, 1.807) is 6.92 Å². The first-order valence-electron chi connectivity index (χ1n) is 24.1. The quantitative estimate of drug-likeness (QED) is 0.130. The summed E-state index contributed by atoms with van der Waals surface area (Å²) < 4.78 is 36.0. The van der Waals surface area contributed by atoms with Crippen molar-refractivity contribution in [2.24, 2.45) is 44.3 Å². The van der Waals surface area contributed by atoms with Gasteiger partial charge in [0.1, 0.15) is 60.7 Å². The van der Waals surface area contributed by atoms with Crippen LogP contribution in [0.4, 0.5) is 0 Å². The van der Waals surface area contributed by atoms with Gasteiger partial charge in [0, 0.05) is 5.92 Å². The number of aliphatic hydroxyl groups excluding tert-OH is 8. The normalized spacial score (nSPS) is 51.1. The second-order valence-corrected chi connectivity index (χ2v) is 23.2. The number of aliphatic carboxylic acids is 4. The molecule has 0 aromatic heterocycles. The van der Waals surface area contributed by atoms with E-state index in [9.17, 15) is 80.5 Å². The average molecular weight is 999 g/mol. The summed E-state index contributed by atoms with van der Waals surface area (Å²) in [5.41, 5.74) is -2.38.